The first-order valence-corrected chi connectivity index (χ1v) is 9.54. The van der Waals surface area contributed by atoms with E-state index >= 15 is 0 Å². The molecule has 4 rings (SSSR count). The number of fused-ring (bicyclic) bond motifs is 1. The number of ether oxygens (including phenoxy) is 1. The minimum Gasteiger partial charge on any atom is -0.487 e. The van der Waals surface area contributed by atoms with E-state index in [1.807, 2.05) is 31.2 Å². The molecule has 2 aliphatic heterocycles. The summed E-state index contributed by atoms with van der Waals surface area (Å²) in [6, 6.07) is 11.1. The second-order valence-electron chi connectivity index (χ2n) is 5.76. The summed E-state index contributed by atoms with van der Waals surface area (Å²) < 4.78 is 11.7. The van der Waals surface area contributed by atoms with E-state index in [0.717, 1.165) is 11.3 Å². The Morgan fingerprint density at radius 2 is 2.22 bits per heavy atom. The molecule has 0 saturated carbocycles. The average Bonchev–Trinajstić information content (AvgIpc) is 3.23. The number of aliphatic imine (C=N–C) groups is 1. The number of hydrogen-bond acceptors (Lipinski definition) is 6. The summed E-state index contributed by atoms with van der Waals surface area (Å²) in [7, 11) is 0. The Balaban J connectivity index is 1.52. The number of amides is 1. The van der Waals surface area contributed by atoms with E-state index in [2.05, 4.69) is 26.0 Å². The van der Waals surface area contributed by atoms with E-state index in [-0.39, 0.29) is 18.0 Å². The smallest absolute Gasteiger partial charge is 0.283 e. The van der Waals surface area contributed by atoms with Crippen LogP contribution in [0.2, 0.25) is 0 Å². The third kappa shape index (κ3) is 3.74. The van der Waals surface area contributed by atoms with Crippen LogP contribution in [0, 0.1) is 12.3 Å². The second kappa shape index (κ2) is 7.16. The first kappa shape index (κ1) is 17.7. The molecule has 9 heteroatoms. The lowest BCUT2D eigenvalue weighted by Gasteiger charge is -2.19. The van der Waals surface area contributed by atoms with E-state index in [1.54, 1.807) is 12.1 Å². The summed E-state index contributed by atoms with van der Waals surface area (Å²) in [4.78, 5) is 16.3. The maximum Gasteiger partial charge on any atom is 0.283 e. The van der Waals surface area contributed by atoms with Crippen molar-refractivity contribution < 1.29 is 13.9 Å². The number of carbonyl (C=O) groups is 1. The van der Waals surface area contributed by atoms with Gasteiger partial charge >= 0.3 is 0 Å². The molecule has 0 unspecified atom stereocenters. The first-order valence-electron chi connectivity index (χ1n) is 7.93. The van der Waals surface area contributed by atoms with Crippen LogP contribution in [0.4, 0.5) is 0 Å². The molecule has 27 heavy (non-hydrogen) atoms. The van der Waals surface area contributed by atoms with E-state index in [9.17, 15) is 4.79 Å². The summed E-state index contributed by atoms with van der Waals surface area (Å²) in [6.07, 6.45) is 1.48. The molecule has 0 bridgehead atoms. The van der Waals surface area contributed by atoms with Crippen LogP contribution in [0.1, 0.15) is 11.3 Å². The van der Waals surface area contributed by atoms with Gasteiger partial charge in [0.2, 0.25) is 5.17 Å². The van der Waals surface area contributed by atoms with Crippen molar-refractivity contribution in [3.05, 3.63) is 58.0 Å². The third-order valence-electron chi connectivity index (χ3n) is 3.73. The van der Waals surface area contributed by atoms with Crippen molar-refractivity contribution in [3.8, 4) is 5.75 Å². The Kier molecular flexibility index (Phi) is 4.71. The Morgan fingerprint density at radius 1 is 1.37 bits per heavy atom. The predicted octanol–water partition coefficient (Wildman–Crippen LogP) is 4.05. The highest BCUT2D eigenvalue weighted by Gasteiger charge is 2.35. The molecule has 0 saturated heterocycles. The Bertz CT molecular complexity index is 1040. The van der Waals surface area contributed by atoms with Crippen molar-refractivity contribution in [1.82, 2.24) is 5.01 Å². The van der Waals surface area contributed by atoms with Gasteiger partial charge in [-0.1, -0.05) is 12.1 Å². The van der Waals surface area contributed by atoms with Gasteiger partial charge in [-0.2, -0.15) is 15.1 Å². The molecular formula is C18H13BrN4O3S. The fourth-order valence-electron chi connectivity index (χ4n) is 2.49. The number of thioether (sulfide) groups is 1. The SMILES string of the molecule is Cc1cccc(OCC2=NN3C(=N)/C(=C\c4ccc(Br)o4)C(=O)N=C3S2)c1. The van der Waals surface area contributed by atoms with Gasteiger partial charge in [0, 0.05) is 0 Å². The number of benzene rings is 1. The fourth-order valence-corrected chi connectivity index (χ4v) is 3.61. The Hall–Kier alpha value is -2.65. The molecule has 0 spiro atoms. The Labute approximate surface area is 167 Å². The quantitative estimate of drug-likeness (QED) is 0.718. The summed E-state index contributed by atoms with van der Waals surface area (Å²) in [5.41, 5.74) is 1.22. The maximum absolute atomic E-state index is 12.3. The lowest BCUT2D eigenvalue weighted by molar-refractivity contribution is -0.114. The number of carbonyl (C=O) groups excluding carboxylic acids is 1. The minimum atomic E-state index is -0.498. The highest BCUT2D eigenvalue weighted by molar-refractivity contribution is 9.10. The van der Waals surface area contributed by atoms with Gasteiger partial charge in [-0.3, -0.25) is 10.2 Å². The molecule has 0 fully saturated rings. The van der Waals surface area contributed by atoms with E-state index < -0.39 is 5.91 Å². The molecule has 2 aliphatic rings. The van der Waals surface area contributed by atoms with Crippen molar-refractivity contribution in [2.24, 2.45) is 10.1 Å². The molecule has 2 aromatic rings. The molecule has 0 radical (unpaired) electrons. The van der Waals surface area contributed by atoms with Crippen LogP contribution in [0.15, 0.2) is 61.2 Å². The Morgan fingerprint density at radius 3 is 2.96 bits per heavy atom. The zero-order valence-electron chi connectivity index (χ0n) is 14.1. The predicted molar refractivity (Wildman–Crippen MR) is 108 cm³/mol. The molecular weight excluding hydrogens is 432 g/mol. The minimum absolute atomic E-state index is 0.0458. The highest BCUT2D eigenvalue weighted by atomic mass is 79.9. The van der Waals surface area contributed by atoms with Gasteiger partial charge in [-0.05, 0) is 70.5 Å². The van der Waals surface area contributed by atoms with Crippen molar-refractivity contribution in [2.75, 3.05) is 6.61 Å². The summed E-state index contributed by atoms with van der Waals surface area (Å²) in [6.45, 7) is 2.22. The van der Waals surface area contributed by atoms with E-state index in [0.29, 0.717) is 20.6 Å². The van der Waals surface area contributed by atoms with Crippen molar-refractivity contribution in [1.29, 1.82) is 5.41 Å². The average molecular weight is 445 g/mol. The topological polar surface area (TPSA) is 91.2 Å². The van der Waals surface area contributed by atoms with Gasteiger partial charge in [0.05, 0.1) is 5.57 Å². The monoisotopic (exact) mass is 444 g/mol. The van der Waals surface area contributed by atoms with Crippen LogP contribution in [0.5, 0.6) is 5.75 Å². The normalized spacial score (nSPS) is 17.9. The standard InChI is InChI=1S/C18H13BrN4O3S/c1-10-3-2-4-11(7-10)25-9-15-22-23-16(20)13(17(24)21-18(23)27-15)8-12-5-6-14(19)26-12/h2-8,20H,9H2,1H3/b13-8+,20-16?. The van der Waals surface area contributed by atoms with Crippen molar-refractivity contribution in [2.45, 2.75) is 6.92 Å². The van der Waals surface area contributed by atoms with Crippen molar-refractivity contribution >= 4 is 55.7 Å². The number of aryl methyl sites for hydroxylation is 1. The number of nitrogens with zero attached hydrogens (tertiary/aromatic N) is 3. The fraction of sp³-hybridized carbons (Fsp3) is 0.111. The molecule has 0 atom stereocenters. The summed E-state index contributed by atoms with van der Waals surface area (Å²) in [5, 5.41) is 15.0. The van der Waals surface area contributed by atoms with Gasteiger partial charge in [-0.25, -0.2) is 0 Å². The first-order chi connectivity index (χ1) is 13.0. The molecule has 1 aromatic heterocycles. The number of hydrazone groups is 1. The molecule has 136 valence electrons. The van der Waals surface area contributed by atoms with E-state index in [4.69, 9.17) is 14.6 Å². The van der Waals surface area contributed by atoms with Gasteiger partial charge in [0.1, 0.15) is 23.2 Å². The van der Waals surface area contributed by atoms with Crippen LogP contribution in [0.3, 0.4) is 0 Å². The van der Waals surface area contributed by atoms with Crippen molar-refractivity contribution in [3.63, 3.8) is 0 Å². The number of furan rings is 1. The molecule has 3 heterocycles. The molecule has 1 N–H and O–H groups in total. The summed E-state index contributed by atoms with van der Waals surface area (Å²) >= 11 is 4.43. The number of hydrogen-bond donors (Lipinski definition) is 1. The highest BCUT2D eigenvalue weighted by Crippen LogP contribution is 2.29. The maximum atomic E-state index is 12.3. The number of rotatable bonds is 4. The van der Waals surface area contributed by atoms with Crippen LogP contribution in [-0.4, -0.2) is 33.6 Å². The summed E-state index contributed by atoms with van der Waals surface area (Å²) in [5.74, 6) is 0.644. The zero-order valence-corrected chi connectivity index (χ0v) is 16.5. The van der Waals surface area contributed by atoms with E-state index in [1.165, 1.54) is 22.8 Å². The molecule has 7 nitrogen and oxygen atoms in total. The zero-order chi connectivity index (χ0) is 19.0. The third-order valence-corrected chi connectivity index (χ3v) is 5.04. The lowest BCUT2D eigenvalue weighted by atomic mass is 10.1. The van der Waals surface area contributed by atoms with Crippen LogP contribution in [0.25, 0.3) is 6.08 Å². The molecule has 1 aromatic carbocycles. The number of amidine groups is 2. The van der Waals surface area contributed by atoms with Crippen LogP contribution in [-0.2, 0) is 4.79 Å². The largest absolute Gasteiger partial charge is 0.487 e. The van der Waals surface area contributed by atoms with Gasteiger partial charge in [0.25, 0.3) is 5.91 Å². The number of halogens is 1. The van der Waals surface area contributed by atoms with Crippen LogP contribution < -0.4 is 4.74 Å². The van der Waals surface area contributed by atoms with Gasteiger partial charge < -0.3 is 9.15 Å². The molecule has 0 aliphatic carbocycles. The molecule has 1 amide bonds. The number of nitrogens with one attached hydrogen (secondary N) is 1. The lowest BCUT2D eigenvalue weighted by Crippen LogP contribution is -2.35. The van der Waals surface area contributed by atoms with Crippen LogP contribution >= 0.6 is 27.7 Å². The van der Waals surface area contributed by atoms with Gasteiger partial charge in [0.15, 0.2) is 10.5 Å². The second-order valence-corrected chi connectivity index (χ2v) is 7.58. The van der Waals surface area contributed by atoms with Gasteiger partial charge in [-0.15, -0.1) is 0 Å².